The largest absolute Gasteiger partial charge is 0.349 e. The van der Waals surface area contributed by atoms with Gasteiger partial charge in [0, 0.05) is 23.1 Å². The first-order valence-electron chi connectivity index (χ1n) is 8.97. The van der Waals surface area contributed by atoms with Crippen molar-refractivity contribution in [1.82, 2.24) is 9.88 Å². The molecule has 0 fully saturated rings. The normalized spacial score (nSPS) is 12.6. The van der Waals surface area contributed by atoms with Crippen LogP contribution in [0.5, 0.6) is 0 Å². The third-order valence-electron chi connectivity index (χ3n) is 4.87. The maximum absolute atomic E-state index is 12.3. The maximum atomic E-state index is 12.3. The number of carbonyl (C=O) groups is 1. The fourth-order valence-corrected chi connectivity index (χ4v) is 2.90. The summed E-state index contributed by atoms with van der Waals surface area (Å²) >= 11 is 0. The predicted molar refractivity (Wildman–Crippen MR) is 106 cm³/mol. The van der Waals surface area contributed by atoms with Crippen molar-refractivity contribution in [1.29, 1.82) is 5.26 Å². The molecular formula is C22H27N3O. The Morgan fingerprint density at radius 3 is 2.50 bits per heavy atom. The van der Waals surface area contributed by atoms with Crippen LogP contribution in [0.3, 0.4) is 0 Å². The number of benzene rings is 1. The van der Waals surface area contributed by atoms with E-state index in [9.17, 15) is 10.1 Å². The summed E-state index contributed by atoms with van der Waals surface area (Å²) in [5, 5.41) is 12.3. The zero-order chi connectivity index (χ0) is 19.4. The Balaban J connectivity index is 2.44. The smallest absolute Gasteiger partial charge is 0.262 e. The molecule has 0 radical (unpaired) electrons. The molecule has 0 aliphatic carbocycles. The summed E-state index contributed by atoms with van der Waals surface area (Å²) in [6.07, 6.45) is 2.50. The van der Waals surface area contributed by atoms with Crippen molar-refractivity contribution >= 4 is 12.0 Å². The van der Waals surface area contributed by atoms with Gasteiger partial charge in [-0.2, -0.15) is 5.26 Å². The molecule has 1 N–H and O–H groups in total. The van der Waals surface area contributed by atoms with Gasteiger partial charge in [0.15, 0.2) is 0 Å². The van der Waals surface area contributed by atoms with Crippen molar-refractivity contribution in [3.63, 3.8) is 0 Å². The molecule has 0 aliphatic heterocycles. The minimum Gasteiger partial charge on any atom is -0.349 e. The van der Waals surface area contributed by atoms with Crippen LogP contribution < -0.4 is 5.32 Å². The van der Waals surface area contributed by atoms with Crippen LogP contribution in [0.4, 0.5) is 0 Å². The molecule has 136 valence electrons. The number of nitrogens with one attached hydrogen (secondary N) is 1. The van der Waals surface area contributed by atoms with Crippen LogP contribution in [0.1, 0.15) is 48.3 Å². The number of aryl methyl sites for hydroxylation is 3. The van der Waals surface area contributed by atoms with E-state index in [1.54, 1.807) is 6.08 Å². The highest BCUT2D eigenvalue weighted by Crippen LogP contribution is 2.24. The summed E-state index contributed by atoms with van der Waals surface area (Å²) in [7, 11) is 0. The number of nitrogens with zero attached hydrogens (tertiary/aromatic N) is 2. The van der Waals surface area contributed by atoms with E-state index in [1.807, 2.05) is 39.8 Å². The topological polar surface area (TPSA) is 57.8 Å². The summed E-state index contributed by atoms with van der Waals surface area (Å²) in [5.41, 5.74) is 6.67. The fourth-order valence-electron chi connectivity index (χ4n) is 2.90. The maximum Gasteiger partial charge on any atom is 0.262 e. The molecule has 0 saturated carbocycles. The Kier molecular flexibility index (Phi) is 6.05. The minimum atomic E-state index is -0.321. The van der Waals surface area contributed by atoms with Gasteiger partial charge in [-0.25, -0.2) is 0 Å². The molecule has 0 aliphatic rings. The SMILES string of the molecule is CC[C@@H](C)NC(=O)/C(C#N)=C/c1cc(C)n(-c2ccc(C)c(C)c2)c1C. The molecule has 0 spiro atoms. The molecule has 26 heavy (non-hydrogen) atoms. The van der Waals surface area contributed by atoms with Crippen LogP contribution in [0, 0.1) is 39.0 Å². The molecule has 0 bridgehead atoms. The first kappa shape index (κ1) is 19.5. The number of nitriles is 1. The molecule has 1 heterocycles. The Hall–Kier alpha value is -2.80. The van der Waals surface area contributed by atoms with Gasteiger partial charge in [-0.3, -0.25) is 4.79 Å². The van der Waals surface area contributed by atoms with Gasteiger partial charge in [-0.05, 0) is 82.0 Å². The molecule has 4 heteroatoms. The van der Waals surface area contributed by atoms with E-state index in [-0.39, 0.29) is 17.5 Å². The van der Waals surface area contributed by atoms with E-state index in [0.717, 1.165) is 29.1 Å². The first-order valence-corrected chi connectivity index (χ1v) is 8.97. The fraction of sp³-hybridized carbons (Fsp3) is 0.364. The highest BCUT2D eigenvalue weighted by Gasteiger charge is 2.15. The summed E-state index contributed by atoms with van der Waals surface area (Å²) in [6, 6.07) is 10.4. The quantitative estimate of drug-likeness (QED) is 0.637. The molecule has 1 atom stereocenters. The van der Waals surface area contributed by atoms with Gasteiger partial charge >= 0.3 is 0 Å². The molecule has 1 aromatic carbocycles. The predicted octanol–water partition coefficient (Wildman–Crippen LogP) is 4.53. The number of carbonyl (C=O) groups excluding carboxylic acids is 1. The first-order chi connectivity index (χ1) is 12.3. The standard InChI is InChI=1S/C22H27N3O/c1-7-16(4)24-22(26)20(13-23)12-19-11-17(5)25(18(19)6)21-9-8-14(2)15(3)10-21/h8-12,16H,7H2,1-6H3,(H,24,26)/b20-12+/t16-/m1/s1. The van der Waals surface area contributed by atoms with Crippen molar-refractivity contribution in [3.05, 3.63) is 57.9 Å². The summed E-state index contributed by atoms with van der Waals surface area (Å²) in [6.45, 7) is 12.2. The van der Waals surface area contributed by atoms with Gasteiger partial charge in [-0.1, -0.05) is 13.0 Å². The van der Waals surface area contributed by atoms with E-state index >= 15 is 0 Å². The Morgan fingerprint density at radius 2 is 1.92 bits per heavy atom. The molecule has 1 amide bonds. The Labute approximate surface area is 156 Å². The van der Waals surface area contributed by atoms with Crippen LogP contribution in [-0.2, 0) is 4.79 Å². The lowest BCUT2D eigenvalue weighted by molar-refractivity contribution is -0.117. The lowest BCUT2D eigenvalue weighted by atomic mass is 10.1. The molecule has 0 saturated heterocycles. The summed E-state index contributed by atoms with van der Waals surface area (Å²) in [4.78, 5) is 12.3. The third kappa shape index (κ3) is 4.05. The van der Waals surface area contributed by atoms with Crippen LogP contribution in [0.25, 0.3) is 11.8 Å². The molecule has 1 aromatic heterocycles. The third-order valence-corrected chi connectivity index (χ3v) is 4.87. The minimum absolute atomic E-state index is 0.0437. The molecule has 0 unspecified atom stereocenters. The summed E-state index contributed by atoms with van der Waals surface area (Å²) in [5.74, 6) is -0.321. The van der Waals surface area contributed by atoms with Gasteiger partial charge < -0.3 is 9.88 Å². The van der Waals surface area contributed by atoms with Crippen LogP contribution >= 0.6 is 0 Å². The van der Waals surface area contributed by atoms with Gasteiger partial charge in [0.1, 0.15) is 11.6 Å². The van der Waals surface area contributed by atoms with Crippen molar-refractivity contribution < 1.29 is 4.79 Å². The van der Waals surface area contributed by atoms with E-state index < -0.39 is 0 Å². The molecular weight excluding hydrogens is 322 g/mol. The van der Waals surface area contributed by atoms with Gasteiger partial charge in [0.05, 0.1) is 0 Å². The number of aromatic nitrogens is 1. The average molecular weight is 349 g/mol. The van der Waals surface area contributed by atoms with Crippen molar-refractivity contribution in [2.24, 2.45) is 0 Å². The van der Waals surface area contributed by atoms with E-state index in [4.69, 9.17) is 0 Å². The van der Waals surface area contributed by atoms with Crippen LogP contribution in [0.2, 0.25) is 0 Å². The number of hydrogen-bond donors (Lipinski definition) is 1. The highest BCUT2D eigenvalue weighted by atomic mass is 16.1. The van der Waals surface area contributed by atoms with Gasteiger partial charge in [0.25, 0.3) is 5.91 Å². The van der Waals surface area contributed by atoms with E-state index in [2.05, 4.69) is 41.9 Å². The number of hydrogen-bond acceptors (Lipinski definition) is 2. The second-order valence-electron chi connectivity index (χ2n) is 6.88. The molecule has 4 nitrogen and oxygen atoms in total. The van der Waals surface area contributed by atoms with Crippen LogP contribution in [-0.4, -0.2) is 16.5 Å². The average Bonchev–Trinajstić information content (AvgIpc) is 2.88. The zero-order valence-electron chi connectivity index (χ0n) is 16.5. The second kappa shape index (κ2) is 8.05. The zero-order valence-corrected chi connectivity index (χ0v) is 16.5. The number of rotatable bonds is 5. The Bertz CT molecular complexity index is 897. The lowest BCUT2D eigenvalue weighted by Gasteiger charge is -2.12. The number of amides is 1. The van der Waals surface area contributed by atoms with Crippen LogP contribution in [0.15, 0.2) is 29.8 Å². The molecule has 2 rings (SSSR count). The van der Waals surface area contributed by atoms with E-state index in [1.165, 1.54) is 11.1 Å². The highest BCUT2D eigenvalue weighted by molar-refractivity contribution is 6.02. The summed E-state index contributed by atoms with van der Waals surface area (Å²) < 4.78 is 2.15. The lowest BCUT2D eigenvalue weighted by Crippen LogP contribution is -2.32. The monoisotopic (exact) mass is 349 g/mol. The Morgan fingerprint density at radius 1 is 1.23 bits per heavy atom. The van der Waals surface area contributed by atoms with Crippen molar-refractivity contribution in [2.45, 2.75) is 54.0 Å². The van der Waals surface area contributed by atoms with Crippen molar-refractivity contribution in [2.75, 3.05) is 0 Å². The molecule has 2 aromatic rings. The van der Waals surface area contributed by atoms with Crippen molar-refractivity contribution in [3.8, 4) is 11.8 Å². The van der Waals surface area contributed by atoms with Gasteiger partial charge in [-0.15, -0.1) is 0 Å². The van der Waals surface area contributed by atoms with Gasteiger partial charge in [0.2, 0.25) is 0 Å². The van der Waals surface area contributed by atoms with E-state index in [0.29, 0.717) is 0 Å². The second-order valence-corrected chi connectivity index (χ2v) is 6.88.